The predicted molar refractivity (Wildman–Crippen MR) is 104 cm³/mol. The molecule has 0 atom stereocenters. The summed E-state index contributed by atoms with van der Waals surface area (Å²) in [4.78, 5) is 10.3. The van der Waals surface area contributed by atoms with Crippen molar-refractivity contribution >= 4 is 27.4 Å². The summed E-state index contributed by atoms with van der Waals surface area (Å²) in [5, 5.41) is 9.67. The first kappa shape index (κ1) is 19.5. The molecule has 142 valence electrons. The molecule has 0 aliphatic carbocycles. The highest BCUT2D eigenvalue weighted by Crippen LogP contribution is 2.23. The zero-order valence-corrected chi connectivity index (χ0v) is 16.2. The summed E-state index contributed by atoms with van der Waals surface area (Å²) in [6.07, 6.45) is 4.72. The van der Waals surface area contributed by atoms with Gasteiger partial charge in [0.1, 0.15) is 6.07 Å². The standard InChI is InChI=1S/C18H20ClN5O2S/c19-16-3-1-2-15(10-16)13-27(25,26)23-12-14-4-8-24(9-5-14)18-17(11-20)21-6-7-22-18/h1-3,6-7,10,14,23H,4-5,8-9,12-13H2. The molecule has 0 saturated carbocycles. The highest BCUT2D eigenvalue weighted by molar-refractivity contribution is 7.88. The summed E-state index contributed by atoms with van der Waals surface area (Å²) in [6.45, 7) is 1.84. The average Bonchev–Trinajstić information content (AvgIpc) is 2.66. The minimum Gasteiger partial charge on any atom is -0.354 e. The van der Waals surface area contributed by atoms with Crippen molar-refractivity contribution in [2.75, 3.05) is 24.5 Å². The zero-order chi connectivity index (χ0) is 19.3. The lowest BCUT2D eigenvalue weighted by Gasteiger charge is -2.32. The van der Waals surface area contributed by atoms with Gasteiger partial charge in [-0.3, -0.25) is 0 Å². The van der Waals surface area contributed by atoms with Crippen LogP contribution in [0, 0.1) is 17.2 Å². The van der Waals surface area contributed by atoms with Crippen LogP contribution >= 0.6 is 11.6 Å². The Morgan fingerprint density at radius 1 is 1.26 bits per heavy atom. The molecule has 0 amide bonds. The molecule has 1 aromatic carbocycles. The lowest BCUT2D eigenvalue weighted by atomic mass is 9.97. The van der Waals surface area contributed by atoms with E-state index in [0.29, 0.717) is 41.7 Å². The predicted octanol–water partition coefficient (Wildman–Crippen LogP) is 2.34. The van der Waals surface area contributed by atoms with Crippen molar-refractivity contribution in [2.45, 2.75) is 18.6 Å². The molecular formula is C18H20ClN5O2S. The molecule has 3 rings (SSSR count). The Morgan fingerprint density at radius 2 is 2.00 bits per heavy atom. The molecule has 9 heteroatoms. The average molecular weight is 406 g/mol. The van der Waals surface area contributed by atoms with Crippen LogP contribution in [0.5, 0.6) is 0 Å². The van der Waals surface area contributed by atoms with E-state index in [-0.39, 0.29) is 11.7 Å². The van der Waals surface area contributed by atoms with Crippen LogP contribution in [0.25, 0.3) is 0 Å². The SMILES string of the molecule is N#Cc1nccnc1N1CCC(CNS(=O)(=O)Cc2cccc(Cl)c2)CC1. The molecule has 1 saturated heterocycles. The van der Waals surface area contributed by atoms with E-state index in [0.717, 1.165) is 12.8 Å². The number of anilines is 1. The molecule has 0 bridgehead atoms. The van der Waals surface area contributed by atoms with Crippen LogP contribution in [0.3, 0.4) is 0 Å². The van der Waals surface area contributed by atoms with E-state index in [9.17, 15) is 8.42 Å². The van der Waals surface area contributed by atoms with Crippen molar-refractivity contribution in [1.82, 2.24) is 14.7 Å². The maximum atomic E-state index is 12.3. The molecule has 7 nitrogen and oxygen atoms in total. The second-order valence-electron chi connectivity index (χ2n) is 6.51. The number of nitrogens with one attached hydrogen (secondary N) is 1. The van der Waals surface area contributed by atoms with Gasteiger partial charge in [0.05, 0.1) is 5.75 Å². The van der Waals surface area contributed by atoms with E-state index >= 15 is 0 Å². The van der Waals surface area contributed by atoms with Crippen molar-refractivity contribution in [3.63, 3.8) is 0 Å². The Bertz CT molecular complexity index is 937. The molecule has 1 aromatic heterocycles. The van der Waals surface area contributed by atoms with Gasteiger partial charge in [0, 0.05) is 37.1 Å². The Balaban J connectivity index is 1.51. The number of benzene rings is 1. The van der Waals surface area contributed by atoms with Gasteiger partial charge < -0.3 is 4.90 Å². The van der Waals surface area contributed by atoms with Crippen LogP contribution in [0.15, 0.2) is 36.7 Å². The van der Waals surface area contributed by atoms with E-state index in [4.69, 9.17) is 16.9 Å². The first-order valence-electron chi connectivity index (χ1n) is 8.64. The maximum Gasteiger partial charge on any atom is 0.215 e. The Kier molecular flexibility index (Phi) is 6.26. The normalized spacial score (nSPS) is 15.5. The summed E-state index contributed by atoms with van der Waals surface area (Å²) >= 11 is 5.91. The summed E-state index contributed by atoms with van der Waals surface area (Å²) in [6, 6.07) is 8.92. The fraction of sp³-hybridized carbons (Fsp3) is 0.389. The minimum atomic E-state index is -3.41. The van der Waals surface area contributed by atoms with Crippen molar-refractivity contribution in [3.8, 4) is 6.07 Å². The number of rotatable bonds is 6. The van der Waals surface area contributed by atoms with Crippen LogP contribution in [0.4, 0.5) is 5.82 Å². The molecule has 1 aliphatic rings. The number of hydrogen-bond acceptors (Lipinski definition) is 6. The van der Waals surface area contributed by atoms with Gasteiger partial charge in [-0.1, -0.05) is 23.7 Å². The molecule has 1 fully saturated rings. The molecular weight excluding hydrogens is 386 g/mol. The maximum absolute atomic E-state index is 12.3. The largest absolute Gasteiger partial charge is 0.354 e. The van der Waals surface area contributed by atoms with Crippen LogP contribution < -0.4 is 9.62 Å². The van der Waals surface area contributed by atoms with Crippen molar-refractivity contribution in [2.24, 2.45) is 5.92 Å². The van der Waals surface area contributed by atoms with Gasteiger partial charge in [-0.15, -0.1) is 0 Å². The van der Waals surface area contributed by atoms with Gasteiger partial charge in [0.25, 0.3) is 0 Å². The van der Waals surface area contributed by atoms with Gasteiger partial charge in [0.2, 0.25) is 10.0 Å². The third-order valence-electron chi connectivity index (χ3n) is 4.54. The van der Waals surface area contributed by atoms with E-state index < -0.39 is 10.0 Å². The summed E-state index contributed by atoms with van der Waals surface area (Å²) in [7, 11) is -3.41. The summed E-state index contributed by atoms with van der Waals surface area (Å²) in [5.41, 5.74) is 0.981. The molecule has 2 aromatic rings. The van der Waals surface area contributed by atoms with Gasteiger partial charge in [-0.2, -0.15) is 5.26 Å². The first-order chi connectivity index (χ1) is 13.0. The van der Waals surface area contributed by atoms with Gasteiger partial charge >= 0.3 is 0 Å². The fourth-order valence-electron chi connectivity index (χ4n) is 3.13. The van der Waals surface area contributed by atoms with E-state index in [1.807, 2.05) is 4.90 Å². The zero-order valence-electron chi connectivity index (χ0n) is 14.7. The van der Waals surface area contributed by atoms with Crippen molar-refractivity contribution < 1.29 is 8.42 Å². The number of aromatic nitrogens is 2. The van der Waals surface area contributed by atoms with Crippen molar-refractivity contribution in [1.29, 1.82) is 5.26 Å². The third-order valence-corrected chi connectivity index (χ3v) is 6.09. The van der Waals surface area contributed by atoms with Crippen LogP contribution in [0.1, 0.15) is 24.1 Å². The lowest BCUT2D eigenvalue weighted by Crippen LogP contribution is -2.39. The second-order valence-corrected chi connectivity index (χ2v) is 8.75. The van der Waals surface area contributed by atoms with Gasteiger partial charge in [-0.05, 0) is 36.5 Å². The van der Waals surface area contributed by atoms with E-state index in [1.165, 1.54) is 6.20 Å². The topological polar surface area (TPSA) is 99.0 Å². The molecule has 1 N–H and O–H groups in total. The fourth-order valence-corrected chi connectivity index (χ4v) is 4.55. The minimum absolute atomic E-state index is 0.0858. The molecule has 27 heavy (non-hydrogen) atoms. The lowest BCUT2D eigenvalue weighted by molar-refractivity contribution is 0.400. The second kappa shape index (κ2) is 8.65. The molecule has 0 unspecified atom stereocenters. The number of piperidine rings is 1. The van der Waals surface area contributed by atoms with Crippen molar-refractivity contribution in [3.05, 3.63) is 52.9 Å². The summed E-state index contributed by atoms with van der Waals surface area (Å²) in [5.74, 6) is 0.759. The first-order valence-corrected chi connectivity index (χ1v) is 10.7. The number of nitriles is 1. The number of nitrogens with zero attached hydrogens (tertiary/aromatic N) is 4. The molecule has 2 heterocycles. The summed E-state index contributed by atoms with van der Waals surface area (Å²) < 4.78 is 27.3. The molecule has 1 aliphatic heterocycles. The van der Waals surface area contributed by atoms with Crippen LogP contribution in [0.2, 0.25) is 5.02 Å². The van der Waals surface area contributed by atoms with Gasteiger partial charge in [0.15, 0.2) is 11.5 Å². The Morgan fingerprint density at radius 3 is 2.70 bits per heavy atom. The Labute approximate surface area is 164 Å². The quantitative estimate of drug-likeness (QED) is 0.791. The van der Waals surface area contributed by atoms with Crippen LogP contribution in [-0.2, 0) is 15.8 Å². The van der Waals surface area contributed by atoms with E-state index in [2.05, 4.69) is 20.8 Å². The third kappa shape index (κ3) is 5.39. The van der Waals surface area contributed by atoms with Crippen LogP contribution in [-0.4, -0.2) is 38.0 Å². The highest BCUT2D eigenvalue weighted by atomic mass is 35.5. The van der Waals surface area contributed by atoms with E-state index in [1.54, 1.807) is 30.5 Å². The molecule has 0 spiro atoms. The number of sulfonamides is 1. The Hall–Kier alpha value is -2.21. The van der Waals surface area contributed by atoms with Gasteiger partial charge in [-0.25, -0.2) is 23.1 Å². The smallest absolute Gasteiger partial charge is 0.215 e. The number of halogens is 1. The number of hydrogen-bond donors (Lipinski definition) is 1. The molecule has 0 radical (unpaired) electrons. The monoisotopic (exact) mass is 405 g/mol. The highest BCUT2D eigenvalue weighted by Gasteiger charge is 2.23.